The zero-order valence-electron chi connectivity index (χ0n) is 11.2. The lowest BCUT2D eigenvalue weighted by Crippen LogP contribution is -2.67. The van der Waals surface area contributed by atoms with Crippen LogP contribution in [0.25, 0.3) is 0 Å². The van der Waals surface area contributed by atoms with Gasteiger partial charge in [-0.15, -0.1) is 0 Å². The normalized spacial score (nSPS) is 36.8. The van der Waals surface area contributed by atoms with Crippen molar-refractivity contribution >= 4 is 0 Å². The van der Waals surface area contributed by atoms with Crippen LogP contribution < -0.4 is 0 Å². The SMILES string of the molecule is CC(c1ccccc1)N1C(O)[C@H](O)[C@@H](O)[C@@H](O)[C@H]1CO. The Morgan fingerprint density at radius 1 is 1.00 bits per heavy atom. The van der Waals surface area contributed by atoms with E-state index < -0.39 is 37.2 Å². The number of benzene rings is 1. The summed E-state index contributed by atoms with van der Waals surface area (Å²) in [6.07, 6.45) is -5.66. The van der Waals surface area contributed by atoms with E-state index >= 15 is 0 Å². The van der Waals surface area contributed by atoms with Gasteiger partial charge in [-0.2, -0.15) is 0 Å². The highest BCUT2D eigenvalue weighted by Crippen LogP contribution is 2.32. The number of likely N-dealkylation sites (tertiary alicyclic amines) is 1. The van der Waals surface area contributed by atoms with Crippen molar-refractivity contribution in [3.05, 3.63) is 35.9 Å². The van der Waals surface area contributed by atoms with Crippen molar-refractivity contribution in [1.82, 2.24) is 4.90 Å². The summed E-state index contributed by atoms with van der Waals surface area (Å²) in [4.78, 5) is 1.43. The summed E-state index contributed by atoms with van der Waals surface area (Å²) in [5, 5.41) is 49.1. The molecule has 2 unspecified atom stereocenters. The highest BCUT2D eigenvalue weighted by atomic mass is 16.4. The van der Waals surface area contributed by atoms with Gasteiger partial charge in [0.05, 0.1) is 12.6 Å². The summed E-state index contributed by atoms with van der Waals surface area (Å²) in [6.45, 7) is 1.37. The summed E-state index contributed by atoms with van der Waals surface area (Å²) in [5.74, 6) is 0. The summed E-state index contributed by atoms with van der Waals surface area (Å²) >= 11 is 0. The molecule has 0 aromatic heterocycles. The first kappa shape index (κ1) is 15.4. The van der Waals surface area contributed by atoms with Crippen LogP contribution in [0.1, 0.15) is 18.5 Å². The lowest BCUT2D eigenvalue weighted by atomic mass is 9.90. The molecule has 1 aromatic rings. The lowest BCUT2D eigenvalue weighted by molar-refractivity contribution is -0.232. The van der Waals surface area contributed by atoms with Crippen LogP contribution in [-0.4, -0.2) is 67.6 Å². The van der Waals surface area contributed by atoms with E-state index in [2.05, 4.69) is 0 Å². The number of hydrogen-bond donors (Lipinski definition) is 5. The molecule has 0 saturated carbocycles. The second-order valence-corrected chi connectivity index (χ2v) is 5.17. The van der Waals surface area contributed by atoms with Gasteiger partial charge in [-0.05, 0) is 12.5 Å². The van der Waals surface area contributed by atoms with E-state index in [9.17, 15) is 25.5 Å². The standard InChI is InChI=1S/C14H21NO5/c1-8(9-5-3-2-4-6-9)15-10(7-16)11(17)12(18)13(19)14(15)20/h2-6,8,10-14,16-20H,7H2,1H3/t8?,10-,11+,12+,13-,14?/m1/s1. The van der Waals surface area contributed by atoms with E-state index in [1.54, 1.807) is 6.92 Å². The van der Waals surface area contributed by atoms with Gasteiger partial charge < -0.3 is 25.5 Å². The minimum Gasteiger partial charge on any atom is -0.395 e. The van der Waals surface area contributed by atoms with Crippen LogP contribution in [0.4, 0.5) is 0 Å². The summed E-state index contributed by atoms with van der Waals surface area (Å²) in [5.41, 5.74) is 0.876. The molecular weight excluding hydrogens is 262 g/mol. The van der Waals surface area contributed by atoms with Gasteiger partial charge in [-0.25, -0.2) is 0 Å². The minimum atomic E-state index is -1.49. The number of aliphatic hydroxyl groups excluding tert-OH is 5. The predicted octanol–water partition coefficient (Wildman–Crippen LogP) is -1.17. The lowest BCUT2D eigenvalue weighted by Gasteiger charge is -2.49. The minimum absolute atomic E-state index is 0.333. The van der Waals surface area contributed by atoms with Gasteiger partial charge >= 0.3 is 0 Å². The molecule has 6 atom stereocenters. The largest absolute Gasteiger partial charge is 0.395 e. The molecule has 1 aliphatic heterocycles. The molecule has 5 N–H and O–H groups in total. The Labute approximate surface area is 117 Å². The van der Waals surface area contributed by atoms with Crippen molar-refractivity contribution in [2.75, 3.05) is 6.61 Å². The third-order valence-corrected chi connectivity index (χ3v) is 4.00. The zero-order chi connectivity index (χ0) is 14.9. The Bertz CT molecular complexity index is 429. The Balaban J connectivity index is 2.31. The average molecular weight is 283 g/mol. The van der Waals surface area contributed by atoms with Gasteiger partial charge in [0.25, 0.3) is 0 Å². The quantitative estimate of drug-likeness (QED) is 0.479. The molecule has 1 heterocycles. The van der Waals surface area contributed by atoms with Crippen LogP contribution in [0, 0.1) is 0 Å². The molecular formula is C14H21NO5. The van der Waals surface area contributed by atoms with E-state index in [-0.39, 0.29) is 6.04 Å². The van der Waals surface area contributed by atoms with Gasteiger partial charge in [-0.3, -0.25) is 4.90 Å². The molecule has 1 aromatic carbocycles. The first-order chi connectivity index (χ1) is 9.49. The topological polar surface area (TPSA) is 104 Å². The van der Waals surface area contributed by atoms with Gasteiger partial charge in [0.2, 0.25) is 0 Å². The van der Waals surface area contributed by atoms with Crippen LogP contribution >= 0.6 is 0 Å². The van der Waals surface area contributed by atoms with E-state index in [0.29, 0.717) is 0 Å². The van der Waals surface area contributed by atoms with Crippen LogP contribution in [0.2, 0.25) is 0 Å². The molecule has 112 valence electrons. The monoisotopic (exact) mass is 283 g/mol. The predicted molar refractivity (Wildman–Crippen MR) is 71.6 cm³/mol. The molecule has 0 aliphatic carbocycles. The second kappa shape index (κ2) is 6.17. The molecule has 20 heavy (non-hydrogen) atoms. The molecule has 0 spiro atoms. The Kier molecular flexibility index (Phi) is 4.74. The molecule has 6 heteroatoms. The van der Waals surface area contributed by atoms with Gasteiger partial charge in [0.1, 0.15) is 24.5 Å². The molecule has 0 radical (unpaired) electrons. The van der Waals surface area contributed by atoms with Crippen LogP contribution in [-0.2, 0) is 0 Å². The van der Waals surface area contributed by atoms with Crippen LogP contribution in [0.15, 0.2) is 30.3 Å². The van der Waals surface area contributed by atoms with Crippen molar-refractivity contribution < 1.29 is 25.5 Å². The fraction of sp³-hybridized carbons (Fsp3) is 0.571. The first-order valence-electron chi connectivity index (χ1n) is 6.64. The van der Waals surface area contributed by atoms with Gasteiger partial charge in [0.15, 0.2) is 0 Å². The Hall–Kier alpha value is -1.02. The number of piperidine rings is 1. The number of rotatable bonds is 3. The van der Waals surface area contributed by atoms with Crippen molar-refractivity contribution in [3.63, 3.8) is 0 Å². The second-order valence-electron chi connectivity index (χ2n) is 5.17. The van der Waals surface area contributed by atoms with Crippen molar-refractivity contribution in [2.45, 2.75) is 43.5 Å². The fourth-order valence-electron chi connectivity index (χ4n) is 2.78. The maximum Gasteiger partial charge on any atom is 0.137 e. The molecule has 1 aliphatic rings. The summed E-state index contributed by atoms with van der Waals surface area (Å²) in [7, 11) is 0. The first-order valence-corrected chi connectivity index (χ1v) is 6.64. The molecule has 2 rings (SSSR count). The average Bonchev–Trinajstić information content (AvgIpc) is 2.48. The van der Waals surface area contributed by atoms with Gasteiger partial charge in [0, 0.05) is 6.04 Å². The third kappa shape index (κ3) is 2.58. The molecule has 1 saturated heterocycles. The van der Waals surface area contributed by atoms with Crippen molar-refractivity contribution in [1.29, 1.82) is 0 Å². The maximum atomic E-state index is 10.2. The van der Waals surface area contributed by atoms with Crippen LogP contribution in [0.3, 0.4) is 0 Å². The molecule has 0 amide bonds. The van der Waals surface area contributed by atoms with Crippen molar-refractivity contribution in [2.24, 2.45) is 0 Å². The number of aliphatic hydroxyl groups is 5. The van der Waals surface area contributed by atoms with E-state index in [4.69, 9.17) is 0 Å². The third-order valence-electron chi connectivity index (χ3n) is 4.00. The van der Waals surface area contributed by atoms with Crippen LogP contribution in [0.5, 0.6) is 0 Å². The summed E-state index contributed by atoms with van der Waals surface area (Å²) < 4.78 is 0. The fourth-order valence-corrected chi connectivity index (χ4v) is 2.78. The Morgan fingerprint density at radius 2 is 1.60 bits per heavy atom. The van der Waals surface area contributed by atoms with Crippen molar-refractivity contribution in [3.8, 4) is 0 Å². The maximum absolute atomic E-state index is 10.2. The number of hydrogen-bond acceptors (Lipinski definition) is 6. The number of nitrogens with zero attached hydrogens (tertiary/aromatic N) is 1. The highest BCUT2D eigenvalue weighted by molar-refractivity contribution is 5.19. The molecule has 1 fully saturated rings. The van der Waals surface area contributed by atoms with E-state index in [0.717, 1.165) is 5.56 Å². The molecule has 6 nitrogen and oxygen atoms in total. The Morgan fingerprint density at radius 3 is 2.15 bits per heavy atom. The van der Waals surface area contributed by atoms with Gasteiger partial charge in [-0.1, -0.05) is 30.3 Å². The van der Waals surface area contributed by atoms with E-state index in [1.165, 1.54) is 4.90 Å². The highest BCUT2D eigenvalue weighted by Gasteiger charge is 2.48. The zero-order valence-corrected chi connectivity index (χ0v) is 11.2. The molecule has 0 bridgehead atoms. The smallest absolute Gasteiger partial charge is 0.137 e. The summed E-state index contributed by atoms with van der Waals surface area (Å²) in [6, 6.07) is 8.08. The van der Waals surface area contributed by atoms with E-state index in [1.807, 2.05) is 30.3 Å².